The molecule has 0 saturated carbocycles. The molecular formula is C21H23N5O2. The molecule has 7 heteroatoms. The van der Waals surface area contributed by atoms with Crippen LogP contribution >= 0.6 is 0 Å². The number of carbonyl (C=O) groups is 2. The van der Waals surface area contributed by atoms with E-state index in [0.29, 0.717) is 18.8 Å². The molecule has 0 saturated heterocycles. The molecule has 2 aromatic carbocycles. The SMILES string of the molecule is CNC(=O)Cc1ccccc1NC(=O)NCc1ccc(Cn2cccn2)cc1. The third-order valence-corrected chi connectivity index (χ3v) is 4.28. The number of nitrogens with zero attached hydrogens (tertiary/aromatic N) is 2. The van der Waals surface area contributed by atoms with Crippen molar-refractivity contribution in [1.82, 2.24) is 20.4 Å². The fourth-order valence-corrected chi connectivity index (χ4v) is 2.75. The van der Waals surface area contributed by atoms with Crippen LogP contribution in [0.1, 0.15) is 16.7 Å². The number of carbonyl (C=O) groups excluding carboxylic acids is 2. The van der Waals surface area contributed by atoms with E-state index in [1.807, 2.05) is 59.4 Å². The van der Waals surface area contributed by atoms with Gasteiger partial charge in [-0.3, -0.25) is 9.48 Å². The summed E-state index contributed by atoms with van der Waals surface area (Å²) in [7, 11) is 1.59. The summed E-state index contributed by atoms with van der Waals surface area (Å²) >= 11 is 0. The summed E-state index contributed by atoms with van der Waals surface area (Å²) in [5, 5.41) is 12.4. The van der Waals surface area contributed by atoms with Gasteiger partial charge in [-0.2, -0.15) is 5.10 Å². The quantitative estimate of drug-likeness (QED) is 0.591. The highest BCUT2D eigenvalue weighted by Gasteiger charge is 2.09. The van der Waals surface area contributed by atoms with Gasteiger partial charge in [0.1, 0.15) is 0 Å². The van der Waals surface area contributed by atoms with Gasteiger partial charge >= 0.3 is 6.03 Å². The summed E-state index contributed by atoms with van der Waals surface area (Å²) in [4.78, 5) is 23.8. The number of anilines is 1. The standard InChI is InChI=1S/C21H23N5O2/c1-22-20(27)13-18-5-2-3-6-19(18)25-21(28)23-14-16-7-9-17(10-8-16)15-26-12-4-11-24-26/h2-12H,13-15H2,1H3,(H,22,27)(H2,23,25,28). The molecule has 0 radical (unpaired) electrons. The molecule has 3 aromatic rings. The maximum absolute atomic E-state index is 12.2. The minimum Gasteiger partial charge on any atom is -0.359 e. The van der Waals surface area contributed by atoms with Crippen LogP contribution in [-0.4, -0.2) is 28.8 Å². The summed E-state index contributed by atoms with van der Waals surface area (Å²) in [5.74, 6) is -0.107. The Balaban J connectivity index is 1.52. The van der Waals surface area contributed by atoms with Gasteiger partial charge in [0.2, 0.25) is 5.91 Å². The van der Waals surface area contributed by atoms with Crippen LogP contribution in [0.25, 0.3) is 0 Å². The van der Waals surface area contributed by atoms with E-state index in [2.05, 4.69) is 21.0 Å². The Bertz CT molecular complexity index is 920. The van der Waals surface area contributed by atoms with Crippen LogP contribution in [0.2, 0.25) is 0 Å². The Morgan fingerprint density at radius 3 is 2.46 bits per heavy atom. The number of nitrogens with one attached hydrogen (secondary N) is 3. The highest BCUT2D eigenvalue weighted by Crippen LogP contribution is 2.15. The van der Waals surface area contributed by atoms with Crippen molar-refractivity contribution >= 4 is 17.6 Å². The van der Waals surface area contributed by atoms with E-state index in [4.69, 9.17) is 0 Å². The smallest absolute Gasteiger partial charge is 0.319 e. The van der Waals surface area contributed by atoms with Crippen LogP contribution in [0.5, 0.6) is 0 Å². The van der Waals surface area contributed by atoms with Crippen LogP contribution in [-0.2, 0) is 24.3 Å². The molecule has 0 atom stereocenters. The van der Waals surface area contributed by atoms with Crippen molar-refractivity contribution in [3.8, 4) is 0 Å². The zero-order chi connectivity index (χ0) is 19.8. The summed E-state index contributed by atoms with van der Waals surface area (Å²) in [6.07, 6.45) is 3.89. The Morgan fingerprint density at radius 2 is 1.75 bits per heavy atom. The summed E-state index contributed by atoms with van der Waals surface area (Å²) in [5.41, 5.74) is 3.52. The van der Waals surface area contributed by atoms with Gasteiger partial charge in [-0.05, 0) is 28.8 Å². The van der Waals surface area contributed by atoms with Crippen molar-refractivity contribution in [3.05, 3.63) is 83.7 Å². The van der Waals surface area contributed by atoms with E-state index in [0.717, 1.165) is 16.7 Å². The first-order valence-corrected chi connectivity index (χ1v) is 9.02. The average Bonchev–Trinajstić information content (AvgIpc) is 3.22. The molecule has 0 fully saturated rings. The maximum atomic E-state index is 12.2. The molecule has 3 N–H and O–H groups in total. The Morgan fingerprint density at radius 1 is 1.00 bits per heavy atom. The van der Waals surface area contributed by atoms with Crippen molar-refractivity contribution in [2.75, 3.05) is 12.4 Å². The molecule has 3 amide bonds. The predicted molar refractivity (Wildman–Crippen MR) is 108 cm³/mol. The van der Waals surface area contributed by atoms with Crippen molar-refractivity contribution in [3.63, 3.8) is 0 Å². The first-order chi connectivity index (χ1) is 13.6. The van der Waals surface area contributed by atoms with Crippen molar-refractivity contribution in [2.24, 2.45) is 0 Å². The minimum absolute atomic E-state index is 0.107. The van der Waals surface area contributed by atoms with Crippen molar-refractivity contribution in [1.29, 1.82) is 0 Å². The van der Waals surface area contributed by atoms with E-state index in [1.165, 1.54) is 0 Å². The second kappa shape index (κ2) is 9.36. The molecule has 0 aliphatic rings. The van der Waals surface area contributed by atoms with Gasteiger partial charge in [0, 0.05) is 31.7 Å². The van der Waals surface area contributed by atoms with Gasteiger partial charge in [0.15, 0.2) is 0 Å². The lowest BCUT2D eigenvalue weighted by Crippen LogP contribution is -2.29. The van der Waals surface area contributed by atoms with E-state index < -0.39 is 0 Å². The molecule has 144 valence electrons. The number of benzene rings is 2. The number of para-hydroxylation sites is 1. The Hall–Kier alpha value is -3.61. The van der Waals surface area contributed by atoms with Gasteiger partial charge in [-0.25, -0.2) is 4.79 Å². The molecular weight excluding hydrogens is 354 g/mol. The number of aromatic nitrogens is 2. The summed E-state index contributed by atoms with van der Waals surface area (Å²) in [6.45, 7) is 1.12. The van der Waals surface area contributed by atoms with Crippen LogP contribution in [0, 0.1) is 0 Å². The van der Waals surface area contributed by atoms with Gasteiger partial charge in [0.05, 0.1) is 13.0 Å². The highest BCUT2D eigenvalue weighted by molar-refractivity contribution is 5.91. The number of rotatable bonds is 7. The van der Waals surface area contributed by atoms with Gasteiger partial charge in [-0.1, -0.05) is 42.5 Å². The van der Waals surface area contributed by atoms with Gasteiger partial charge < -0.3 is 16.0 Å². The average molecular weight is 377 g/mol. The topological polar surface area (TPSA) is 88.0 Å². The van der Waals surface area contributed by atoms with E-state index in [1.54, 1.807) is 19.3 Å². The monoisotopic (exact) mass is 377 g/mol. The third-order valence-electron chi connectivity index (χ3n) is 4.28. The Labute approximate surface area is 163 Å². The molecule has 3 rings (SSSR count). The van der Waals surface area contributed by atoms with Gasteiger partial charge in [-0.15, -0.1) is 0 Å². The van der Waals surface area contributed by atoms with Crippen molar-refractivity contribution < 1.29 is 9.59 Å². The zero-order valence-corrected chi connectivity index (χ0v) is 15.7. The molecule has 28 heavy (non-hydrogen) atoms. The van der Waals surface area contributed by atoms with Crippen LogP contribution in [0.3, 0.4) is 0 Å². The predicted octanol–water partition coefficient (Wildman–Crippen LogP) is 2.54. The molecule has 0 bridgehead atoms. The summed E-state index contributed by atoms with van der Waals surface area (Å²) in [6, 6.07) is 16.9. The van der Waals surface area contributed by atoms with E-state index in [9.17, 15) is 9.59 Å². The van der Waals surface area contributed by atoms with E-state index in [-0.39, 0.29) is 18.4 Å². The van der Waals surface area contributed by atoms with Crippen LogP contribution in [0.4, 0.5) is 10.5 Å². The maximum Gasteiger partial charge on any atom is 0.319 e. The van der Waals surface area contributed by atoms with E-state index >= 15 is 0 Å². The number of hydrogen-bond donors (Lipinski definition) is 3. The van der Waals surface area contributed by atoms with Crippen molar-refractivity contribution in [2.45, 2.75) is 19.5 Å². The fraction of sp³-hybridized carbons (Fsp3) is 0.190. The third kappa shape index (κ3) is 5.44. The fourth-order valence-electron chi connectivity index (χ4n) is 2.75. The van der Waals surface area contributed by atoms with Crippen LogP contribution in [0.15, 0.2) is 67.0 Å². The minimum atomic E-state index is -0.315. The van der Waals surface area contributed by atoms with Gasteiger partial charge in [0.25, 0.3) is 0 Å². The molecule has 7 nitrogen and oxygen atoms in total. The lowest BCUT2D eigenvalue weighted by molar-refractivity contribution is -0.119. The molecule has 0 aliphatic carbocycles. The number of amides is 3. The number of likely N-dealkylation sites (N-methyl/N-ethyl adjacent to an activating group) is 1. The first-order valence-electron chi connectivity index (χ1n) is 9.02. The normalized spacial score (nSPS) is 10.3. The molecule has 1 aromatic heterocycles. The number of hydrogen-bond acceptors (Lipinski definition) is 3. The van der Waals surface area contributed by atoms with Crippen LogP contribution < -0.4 is 16.0 Å². The molecule has 0 spiro atoms. The second-order valence-electron chi connectivity index (χ2n) is 6.33. The Kier molecular flexibility index (Phi) is 6.41. The molecule has 1 heterocycles. The molecule has 0 unspecified atom stereocenters. The second-order valence-corrected chi connectivity index (χ2v) is 6.33. The highest BCUT2D eigenvalue weighted by atomic mass is 16.2. The lowest BCUT2D eigenvalue weighted by Gasteiger charge is -2.12. The zero-order valence-electron chi connectivity index (χ0n) is 15.7. The largest absolute Gasteiger partial charge is 0.359 e. The summed E-state index contributed by atoms with van der Waals surface area (Å²) < 4.78 is 1.86. The lowest BCUT2D eigenvalue weighted by atomic mass is 10.1. The first kappa shape index (κ1) is 19.2. The number of urea groups is 1. The molecule has 0 aliphatic heterocycles.